The summed E-state index contributed by atoms with van der Waals surface area (Å²) in [4.78, 5) is 18.8. The molecule has 150 valence electrons. The molecule has 6 nitrogen and oxygen atoms in total. The Labute approximate surface area is 175 Å². The topological polar surface area (TPSA) is 63.9 Å². The van der Waals surface area contributed by atoms with Gasteiger partial charge in [-0.25, -0.2) is 0 Å². The normalized spacial score (nSPS) is 14.9. The van der Waals surface area contributed by atoms with Crippen LogP contribution in [0.1, 0.15) is 18.4 Å². The van der Waals surface area contributed by atoms with Crippen LogP contribution in [-0.2, 0) is 18.3 Å². The molecule has 29 heavy (non-hydrogen) atoms. The van der Waals surface area contributed by atoms with Crippen molar-refractivity contribution in [2.45, 2.75) is 24.4 Å². The highest BCUT2D eigenvalue weighted by Gasteiger charge is 2.23. The van der Waals surface area contributed by atoms with E-state index in [0.29, 0.717) is 11.7 Å². The number of aromatic nitrogens is 4. The van der Waals surface area contributed by atoms with E-state index in [1.807, 2.05) is 28.6 Å². The van der Waals surface area contributed by atoms with Crippen molar-refractivity contribution < 1.29 is 4.79 Å². The van der Waals surface area contributed by atoms with E-state index in [9.17, 15) is 4.79 Å². The van der Waals surface area contributed by atoms with E-state index in [-0.39, 0.29) is 5.91 Å². The molecule has 4 rings (SSSR count). The van der Waals surface area contributed by atoms with Gasteiger partial charge in [-0.15, -0.1) is 10.2 Å². The van der Waals surface area contributed by atoms with Gasteiger partial charge in [0.1, 0.15) is 0 Å². The predicted octanol–water partition coefficient (Wildman–Crippen LogP) is 3.45. The number of carbonyl (C=O) groups is 1. The summed E-state index contributed by atoms with van der Waals surface area (Å²) < 4.78 is 1.92. The van der Waals surface area contributed by atoms with Crippen LogP contribution in [0.5, 0.6) is 0 Å². The Bertz CT molecular complexity index is 936. The van der Waals surface area contributed by atoms with Gasteiger partial charge in [-0.2, -0.15) is 0 Å². The van der Waals surface area contributed by atoms with Gasteiger partial charge in [0.2, 0.25) is 5.91 Å². The highest BCUT2D eigenvalue weighted by atomic mass is 32.2. The van der Waals surface area contributed by atoms with Gasteiger partial charge in [-0.3, -0.25) is 9.78 Å². The number of likely N-dealkylation sites (tertiary alicyclic amines) is 1. The maximum absolute atomic E-state index is 12.7. The first-order valence-electron chi connectivity index (χ1n) is 9.95. The minimum absolute atomic E-state index is 0.180. The molecule has 0 atom stereocenters. The van der Waals surface area contributed by atoms with Crippen molar-refractivity contribution >= 4 is 17.7 Å². The summed E-state index contributed by atoms with van der Waals surface area (Å²) in [6, 6.07) is 14.5. The molecule has 1 amide bonds. The number of amides is 1. The maximum atomic E-state index is 12.7. The van der Waals surface area contributed by atoms with Gasteiger partial charge in [0, 0.05) is 38.1 Å². The molecule has 0 saturated carbocycles. The van der Waals surface area contributed by atoms with Crippen LogP contribution >= 0.6 is 11.8 Å². The Balaban J connectivity index is 1.27. The van der Waals surface area contributed by atoms with Crippen molar-refractivity contribution in [3.8, 4) is 11.4 Å². The first-order valence-corrected chi connectivity index (χ1v) is 10.9. The molecule has 1 saturated heterocycles. The minimum atomic E-state index is 0.180. The van der Waals surface area contributed by atoms with Gasteiger partial charge in [-0.05, 0) is 42.9 Å². The Morgan fingerprint density at radius 3 is 2.62 bits per heavy atom. The number of nitrogens with zero attached hydrogens (tertiary/aromatic N) is 5. The molecular weight excluding hydrogens is 382 g/mol. The smallest absolute Gasteiger partial charge is 0.233 e. The van der Waals surface area contributed by atoms with Gasteiger partial charge in [0.05, 0.1) is 5.75 Å². The number of piperidine rings is 1. The number of thioether (sulfide) groups is 1. The van der Waals surface area contributed by atoms with Crippen LogP contribution in [-0.4, -0.2) is 49.4 Å². The summed E-state index contributed by atoms with van der Waals surface area (Å²) in [5, 5.41) is 9.25. The van der Waals surface area contributed by atoms with Gasteiger partial charge in [0.15, 0.2) is 11.0 Å². The zero-order chi connectivity index (χ0) is 20.1. The summed E-state index contributed by atoms with van der Waals surface area (Å²) in [5.41, 5.74) is 2.31. The largest absolute Gasteiger partial charge is 0.342 e. The minimum Gasteiger partial charge on any atom is -0.342 e. The molecule has 3 heterocycles. The third-order valence-electron chi connectivity index (χ3n) is 5.41. The summed E-state index contributed by atoms with van der Waals surface area (Å²) in [7, 11) is 1.92. The van der Waals surface area contributed by atoms with Gasteiger partial charge < -0.3 is 9.47 Å². The van der Waals surface area contributed by atoms with E-state index in [4.69, 9.17) is 0 Å². The molecule has 0 N–H and O–H groups in total. The van der Waals surface area contributed by atoms with E-state index >= 15 is 0 Å². The first-order chi connectivity index (χ1) is 14.2. The summed E-state index contributed by atoms with van der Waals surface area (Å²) in [6.45, 7) is 1.69. The molecule has 0 aliphatic carbocycles. The number of hydrogen-bond donors (Lipinski definition) is 0. The second-order valence-electron chi connectivity index (χ2n) is 7.41. The lowest BCUT2D eigenvalue weighted by molar-refractivity contribution is -0.129. The highest BCUT2D eigenvalue weighted by Crippen LogP contribution is 2.25. The number of pyridine rings is 1. The van der Waals surface area contributed by atoms with E-state index in [1.54, 1.807) is 12.4 Å². The van der Waals surface area contributed by atoms with Crippen LogP contribution in [0, 0.1) is 5.92 Å². The molecule has 0 bridgehead atoms. The van der Waals surface area contributed by atoms with Gasteiger partial charge in [-0.1, -0.05) is 42.1 Å². The summed E-state index contributed by atoms with van der Waals surface area (Å²) in [5.74, 6) is 1.99. The second kappa shape index (κ2) is 9.22. The highest BCUT2D eigenvalue weighted by molar-refractivity contribution is 7.99. The van der Waals surface area contributed by atoms with Crippen molar-refractivity contribution in [1.29, 1.82) is 0 Å². The zero-order valence-electron chi connectivity index (χ0n) is 16.6. The summed E-state index contributed by atoms with van der Waals surface area (Å²) >= 11 is 1.45. The molecule has 1 aliphatic rings. The monoisotopic (exact) mass is 407 g/mol. The fraction of sp³-hybridized carbons (Fsp3) is 0.364. The Kier molecular flexibility index (Phi) is 6.24. The molecule has 7 heteroatoms. The molecule has 0 spiro atoms. The van der Waals surface area contributed by atoms with Crippen LogP contribution in [0.2, 0.25) is 0 Å². The van der Waals surface area contributed by atoms with Crippen molar-refractivity contribution in [2.24, 2.45) is 13.0 Å². The standard InChI is InChI=1S/C22H25N5OS/c1-26-21(19-8-5-11-23-15-19)24-25-22(26)29-16-20(28)27-12-9-18(10-13-27)14-17-6-3-2-4-7-17/h2-8,11,15,18H,9-10,12-14,16H2,1H3. The number of carbonyl (C=O) groups excluding carboxylic acids is 1. The lowest BCUT2D eigenvalue weighted by Gasteiger charge is -2.32. The van der Waals surface area contributed by atoms with E-state index in [0.717, 1.165) is 48.9 Å². The maximum Gasteiger partial charge on any atom is 0.233 e. The SMILES string of the molecule is Cn1c(SCC(=O)N2CCC(Cc3ccccc3)CC2)nnc1-c1cccnc1. The van der Waals surface area contributed by atoms with Crippen LogP contribution in [0.3, 0.4) is 0 Å². The fourth-order valence-corrected chi connectivity index (χ4v) is 4.55. The number of hydrogen-bond acceptors (Lipinski definition) is 5. The van der Waals surface area contributed by atoms with Crippen molar-refractivity contribution in [3.63, 3.8) is 0 Å². The Hall–Kier alpha value is -2.67. The quantitative estimate of drug-likeness (QED) is 0.586. The molecule has 1 fully saturated rings. The fourth-order valence-electron chi connectivity index (χ4n) is 3.74. The van der Waals surface area contributed by atoms with Crippen molar-refractivity contribution in [1.82, 2.24) is 24.6 Å². The first kappa shape index (κ1) is 19.6. The van der Waals surface area contributed by atoms with Crippen molar-refractivity contribution in [3.05, 3.63) is 60.4 Å². The van der Waals surface area contributed by atoms with Gasteiger partial charge in [0.25, 0.3) is 0 Å². The summed E-state index contributed by atoms with van der Waals surface area (Å²) in [6.07, 6.45) is 6.74. The Morgan fingerprint density at radius 1 is 1.10 bits per heavy atom. The van der Waals surface area contributed by atoms with Gasteiger partial charge >= 0.3 is 0 Å². The van der Waals surface area contributed by atoms with E-state index < -0.39 is 0 Å². The number of benzene rings is 1. The molecule has 1 aliphatic heterocycles. The third-order valence-corrected chi connectivity index (χ3v) is 6.42. The number of rotatable bonds is 6. The predicted molar refractivity (Wildman–Crippen MR) is 114 cm³/mol. The van der Waals surface area contributed by atoms with Crippen LogP contribution in [0.15, 0.2) is 60.0 Å². The molecule has 1 aromatic carbocycles. The Morgan fingerprint density at radius 2 is 1.90 bits per heavy atom. The van der Waals surface area contributed by atoms with Crippen LogP contribution < -0.4 is 0 Å². The van der Waals surface area contributed by atoms with E-state index in [2.05, 4.69) is 45.5 Å². The molecular formula is C22H25N5OS. The average Bonchev–Trinajstić information content (AvgIpc) is 3.14. The second-order valence-corrected chi connectivity index (χ2v) is 8.35. The molecule has 3 aromatic rings. The average molecular weight is 408 g/mol. The van der Waals surface area contributed by atoms with Crippen LogP contribution in [0.25, 0.3) is 11.4 Å². The molecule has 0 radical (unpaired) electrons. The zero-order valence-corrected chi connectivity index (χ0v) is 17.4. The molecule has 0 unspecified atom stereocenters. The van der Waals surface area contributed by atoms with Crippen LogP contribution in [0.4, 0.5) is 0 Å². The lowest BCUT2D eigenvalue weighted by atomic mass is 9.90. The third kappa shape index (κ3) is 4.85. The van der Waals surface area contributed by atoms with E-state index in [1.165, 1.54) is 17.3 Å². The van der Waals surface area contributed by atoms with Crippen molar-refractivity contribution in [2.75, 3.05) is 18.8 Å². The molecule has 2 aromatic heterocycles. The lowest BCUT2D eigenvalue weighted by Crippen LogP contribution is -2.39.